The van der Waals surface area contributed by atoms with Gasteiger partial charge in [0.25, 0.3) is 5.91 Å². The number of nitrogens with zero attached hydrogens (tertiary/aromatic N) is 4. The van der Waals surface area contributed by atoms with Gasteiger partial charge < -0.3 is 20.3 Å². The topological polar surface area (TPSA) is 93.5 Å². The van der Waals surface area contributed by atoms with Crippen LogP contribution in [0.2, 0.25) is 5.02 Å². The van der Waals surface area contributed by atoms with E-state index in [0.717, 1.165) is 45.1 Å². The number of benzene rings is 1. The predicted molar refractivity (Wildman–Crippen MR) is 151 cm³/mol. The molecule has 0 spiro atoms. The molecular weight excluding hydrogens is 523 g/mol. The number of pyridine rings is 1. The monoisotopic (exact) mass is 558 g/mol. The van der Waals surface area contributed by atoms with Crippen LogP contribution >= 0.6 is 24.0 Å². The fourth-order valence-corrected chi connectivity index (χ4v) is 6.58. The number of carbonyl (C=O) groups excluding carboxylic acids is 1. The van der Waals surface area contributed by atoms with E-state index < -0.39 is 0 Å². The Balaban J connectivity index is 0.00000336. The van der Waals surface area contributed by atoms with Crippen LogP contribution in [0.1, 0.15) is 43.6 Å². The molecule has 38 heavy (non-hydrogen) atoms. The molecule has 0 unspecified atom stereocenters. The minimum atomic E-state index is -0.317. The quantitative estimate of drug-likeness (QED) is 0.557. The highest BCUT2D eigenvalue weighted by Gasteiger charge is 2.64. The molecular formula is C28H36Cl2N6O2. The second-order valence-corrected chi connectivity index (χ2v) is 11.9. The summed E-state index contributed by atoms with van der Waals surface area (Å²) in [6.45, 7) is 14.6. The van der Waals surface area contributed by atoms with Gasteiger partial charge in [-0.3, -0.25) is 9.69 Å². The van der Waals surface area contributed by atoms with E-state index in [-0.39, 0.29) is 41.3 Å². The normalized spacial score (nSPS) is 24.3. The number of hydrogen-bond acceptors (Lipinski definition) is 7. The van der Waals surface area contributed by atoms with Gasteiger partial charge in [-0.05, 0) is 24.3 Å². The van der Waals surface area contributed by atoms with Crippen molar-refractivity contribution in [3.63, 3.8) is 0 Å². The van der Waals surface area contributed by atoms with E-state index in [1.165, 1.54) is 0 Å². The number of piperazine rings is 1. The zero-order valence-electron chi connectivity index (χ0n) is 22.3. The third-order valence-corrected chi connectivity index (χ3v) is 8.67. The Labute approximate surface area is 236 Å². The molecule has 1 aliphatic carbocycles. The first-order valence-corrected chi connectivity index (χ1v) is 13.3. The van der Waals surface area contributed by atoms with Crippen molar-refractivity contribution in [3.05, 3.63) is 52.7 Å². The molecule has 2 N–H and O–H groups in total. The largest absolute Gasteiger partial charge is 0.489 e. The highest BCUT2D eigenvalue weighted by atomic mass is 35.5. The minimum absolute atomic E-state index is 0. The third kappa shape index (κ3) is 5.17. The predicted octanol–water partition coefficient (Wildman–Crippen LogP) is 3.73. The first kappa shape index (κ1) is 28.4. The highest BCUT2D eigenvalue weighted by Crippen LogP contribution is 2.55. The molecule has 0 radical (unpaired) electrons. The van der Waals surface area contributed by atoms with Crippen molar-refractivity contribution in [1.82, 2.24) is 20.5 Å². The van der Waals surface area contributed by atoms with Crippen LogP contribution in [0.15, 0.2) is 36.5 Å². The molecule has 2 aromatic rings. The summed E-state index contributed by atoms with van der Waals surface area (Å²) in [5.74, 6) is 1.40. The lowest BCUT2D eigenvalue weighted by atomic mass is 9.49. The zero-order valence-corrected chi connectivity index (χ0v) is 23.9. The third-order valence-electron chi connectivity index (χ3n) is 8.35. The van der Waals surface area contributed by atoms with Crippen LogP contribution in [-0.4, -0.2) is 73.2 Å². The van der Waals surface area contributed by atoms with Crippen molar-refractivity contribution in [2.45, 2.75) is 45.9 Å². The lowest BCUT2D eigenvalue weighted by Crippen LogP contribution is -2.74. The summed E-state index contributed by atoms with van der Waals surface area (Å²) in [4.78, 5) is 22.6. The molecule has 3 aliphatic rings. The Bertz CT molecular complexity index is 1180. The van der Waals surface area contributed by atoms with E-state index in [1.54, 1.807) is 24.4 Å². The fourth-order valence-electron chi connectivity index (χ4n) is 6.37. The van der Waals surface area contributed by atoms with Crippen molar-refractivity contribution >= 4 is 35.7 Å². The first-order chi connectivity index (χ1) is 17.6. The van der Waals surface area contributed by atoms with Gasteiger partial charge in [0, 0.05) is 74.4 Å². The lowest BCUT2D eigenvalue weighted by molar-refractivity contribution is -0.164. The van der Waals surface area contributed by atoms with Gasteiger partial charge in [0.1, 0.15) is 23.7 Å². The van der Waals surface area contributed by atoms with Crippen molar-refractivity contribution in [3.8, 4) is 11.8 Å². The number of ether oxygens (including phenoxy) is 1. The summed E-state index contributed by atoms with van der Waals surface area (Å²) in [5, 5.41) is 16.1. The SMILES string of the molecule is CC1(C)[C@H](NC(=O)c2ccc(N3CCN(C4CNC4)CC3)nc2)C(C)(C)[C@H]1Oc1ccc(C#N)c(Cl)c1.Cl. The summed E-state index contributed by atoms with van der Waals surface area (Å²) in [7, 11) is 0. The molecule has 1 amide bonds. The summed E-state index contributed by atoms with van der Waals surface area (Å²) >= 11 is 6.20. The van der Waals surface area contributed by atoms with Gasteiger partial charge in [-0.25, -0.2) is 4.98 Å². The number of halogens is 2. The van der Waals surface area contributed by atoms with Crippen LogP contribution in [0.3, 0.4) is 0 Å². The van der Waals surface area contributed by atoms with E-state index >= 15 is 0 Å². The number of carbonyl (C=O) groups is 1. The number of nitrogens with one attached hydrogen (secondary N) is 2. The summed E-state index contributed by atoms with van der Waals surface area (Å²) < 4.78 is 6.32. The summed E-state index contributed by atoms with van der Waals surface area (Å²) in [6, 6.07) is 11.6. The first-order valence-electron chi connectivity index (χ1n) is 12.9. The number of aromatic nitrogens is 1. The molecule has 1 aromatic heterocycles. The van der Waals surface area contributed by atoms with E-state index in [2.05, 4.69) is 59.2 Å². The Morgan fingerprint density at radius 1 is 1.13 bits per heavy atom. The van der Waals surface area contributed by atoms with Gasteiger partial charge in [0.2, 0.25) is 0 Å². The van der Waals surface area contributed by atoms with Gasteiger partial charge in [-0.1, -0.05) is 39.3 Å². The average molecular weight is 560 g/mol. The van der Waals surface area contributed by atoms with Crippen molar-refractivity contribution < 1.29 is 9.53 Å². The molecule has 0 bridgehead atoms. The maximum absolute atomic E-state index is 13.2. The standard InChI is InChI=1S/C28H35ClN6O2.ClH/c1-27(2)25(28(3,4)26(27)37-21-7-5-18(14-30)22(29)13-21)33-24(36)19-6-8-23(32-15-19)35-11-9-34(10-12-35)20-16-31-17-20;/h5-8,13,15,20,25-26,31H,9-12,16-17H2,1-4H3,(H,33,36);1H/t25-,26-;. The van der Waals surface area contributed by atoms with Crippen LogP contribution < -0.4 is 20.3 Å². The van der Waals surface area contributed by atoms with Crippen LogP contribution in [0.25, 0.3) is 0 Å². The smallest absolute Gasteiger partial charge is 0.253 e. The minimum Gasteiger partial charge on any atom is -0.489 e. The summed E-state index contributed by atoms with van der Waals surface area (Å²) in [6.07, 6.45) is 1.53. The fraction of sp³-hybridized carbons (Fsp3) is 0.536. The Morgan fingerprint density at radius 2 is 1.82 bits per heavy atom. The van der Waals surface area contributed by atoms with Gasteiger partial charge in [-0.2, -0.15) is 5.26 Å². The Morgan fingerprint density at radius 3 is 2.34 bits per heavy atom. The molecule has 3 heterocycles. The van der Waals surface area contributed by atoms with Crippen LogP contribution in [0, 0.1) is 22.2 Å². The number of nitriles is 1. The number of rotatable bonds is 6. The second kappa shape index (κ2) is 10.9. The lowest BCUT2D eigenvalue weighted by Gasteiger charge is -2.63. The maximum Gasteiger partial charge on any atom is 0.253 e. The molecule has 2 aliphatic heterocycles. The van der Waals surface area contributed by atoms with E-state index in [4.69, 9.17) is 21.6 Å². The van der Waals surface area contributed by atoms with Crippen LogP contribution in [0.4, 0.5) is 5.82 Å². The Hall–Kier alpha value is -2.57. The molecule has 8 nitrogen and oxygen atoms in total. The number of hydrogen-bond donors (Lipinski definition) is 2. The molecule has 3 fully saturated rings. The summed E-state index contributed by atoms with van der Waals surface area (Å²) in [5.41, 5.74) is 0.336. The molecule has 10 heteroatoms. The maximum atomic E-state index is 13.2. The van der Waals surface area contributed by atoms with Gasteiger partial charge in [0.15, 0.2) is 0 Å². The van der Waals surface area contributed by atoms with Crippen molar-refractivity contribution in [2.75, 3.05) is 44.2 Å². The van der Waals surface area contributed by atoms with E-state index in [0.29, 0.717) is 27.9 Å². The van der Waals surface area contributed by atoms with Gasteiger partial charge in [0.05, 0.1) is 16.1 Å². The molecule has 1 saturated carbocycles. The Kier molecular flexibility index (Phi) is 8.15. The molecule has 204 valence electrons. The molecule has 5 rings (SSSR count). The van der Waals surface area contributed by atoms with Crippen molar-refractivity contribution in [1.29, 1.82) is 5.26 Å². The van der Waals surface area contributed by atoms with Gasteiger partial charge >= 0.3 is 0 Å². The van der Waals surface area contributed by atoms with Gasteiger partial charge in [-0.15, -0.1) is 12.4 Å². The van der Waals surface area contributed by atoms with E-state index in [1.807, 2.05) is 12.1 Å². The zero-order chi connectivity index (χ0) is 26.4. The second-order valence-electron chi connectivity index (χ2n) is 11.5. The molecule has 1 aromatic carbocycles. The van der Waals surface area contributed by atoms with E-state index in [9.17, 15) is 4.79 Å². The molecule has 0 atom stereocenters. The highest BCUT2D eigenvalue weighted by molar-refractivity contribution is 6.31. The van der Waals surface area contributed by atoms with Crippen molar-refractivity contribution in [2.24, 2.45) is 10.8 Å². The number of anilines is 1. The van der Waals surface area contributed by atoms with Crippen LogP contribution in [-0.2, 0) is 0 Å². The average Bonchev–Trinajstić information content (AvgIpc) is 2.85. The van der Waals surface area contributed by atoms with Crippen LogP contribution in [0.5, 0.6) is 5.75 Å². The number of amides is 1. The molecule has 2 saturated heterocycles.